The predicted octanol–water partition coefficient (Wildman–Crippen LogP) is 3.02. The first kappa shape index (κ1) is 17.2. The zero-order chi connectivity index (χ0) is 15.0. The molecule has 0 saturated heterocycles. The number of hydrogen-bond acceptors (Lipinski definition) is 4. The maximum atomic E-state index is 5.68. The first-order valence-corrected chi connectivity index (χ1v) is 7.59. The molecule has 1 unspecified atom stereocenters. The highest BCUT2D eigenvalue weighted by molar-refractivity contribution is 5.12. The number of ether oxygens (including phenoxy) is 1. The second-order valence-corrected chi connectivity index (χ2v) is 5.68. The molecule has 1 heterocycles. The molecular weight excluding hydrogens is 252 g/mol. The van der Waals surface area contributed by atoms with Crippen LogP contribution in [0.25, 0.3) is 0 Å². The highest BCUT2D eigenvalue weighted by Crippen LogP contribution is 2.14. The van der Waals surface area contributed by atoms with E-state index < -0.39 is 0 Å². The highest BCUT2D eigenvalue weighted by atomic mass is 16.5. The van der Waals surface area contributed by atoms with Crippen molar-refractivity contribution in [2.24, 2.45) is 0 Å². The Morgan fingerprint density at radius 1 is 1.35 bits per heavy atom. The van der Waals surface area contributed by atoms with Gasteiger partial charge in [0.25, 0.3) is 0 Å². The summed E-state index contributed by atoms with van der Waals surface area (Å²) in [5.41, 5.74) is 1.21. The third-order valence-corrected chi connectivity index (χ3v) is 3.58. The fourth-order valence-corrected chi connectivity index (χ4v) is 2.05. The summed E-state index contributed by atoms with van der Waals surface area (Å²) in [6, 6.07) is 3.18. The van der Waals surface area contributed by atoms with E-state index in [2.05, 4.69) is 44.0 Å². The van der Waals surface area contributed by atoms with E-state index in [-0.39, 0.29) is 0 Å². The first-order valence-electron chi connectivity index (χ1n) is 7.59. The highest BCUT2D eigenvalue weighted by Gasteiger charge is 2.14. The summed E-state index contributed by atoms with van der Waals surface area (Å²) in [4.78, 5) is 2.40. The van der Waals surface area contributed by atoms with Crippen LogP contribution in [-0.4, -0.2) is 37.2 Å². The van der Waals surface area contributed by atoms with Gasteiger partial charge in [0.2, 0.25) is 0 Å². The van der Waals surface area contributed by atoms with E-state index in [0.29, 0.717) is 12.1 Å². The Hall–Kier alpha value is -0.840. The summed E-state index contributed by atoms with van der Waals surface area (Å²) in [6.45, 7) is 12.2. The largest absolute Gasteiger partial charge is 0.468 e. The van der Waals surface area contributed by atoms with Crippen molar-refractivity contribution >= 4 is 0 Å². The minimum absolute atomic E-state index is 0.492. The molecule has 1 aromatic rings. The van der Waals surface area contributed by atoms with Crippen molar-refractivity contribution in [2.75, 3.05) is 20.3 Å². The number of methoxy groups -OCH3 is 1. The molecule has 0 amide bonds. The molecule has 0 fully saturated rings. The lowest BCUT2D eigenvalue weighted by Gasteiger charge is -2.27. The number of hydrogen-bond donors (Lipinski definition) is 1. The van der Waals surface area contributed by atoms with Crippen molar-refractivity contribution in [3.05, 3.63) is 23.7 Å². The third kappa shape index (κ3) is 6.07. The smallest absolute Gasteiger partial charge is 0.118 e. The van der Waals surface area contributed by atoms with E-state index in [1.54, 1.807) is 7.11 Å². The normalized spacial score (nSPS) is 13.3. The van der Waals surface area contributed by atoms with Gasteiger partial charge in [0.1, 0.15) is 5.76 Å². The molecule has 0 aliphatic carbocycles. The molecule has 0 aromatic carbocycles. The Bertz CT molecular complexity index is 363. The maximum absolute atomic E-state index is 5.68. The van der Waals surface area contributed by atoms with Gasteiger partial charge in [0.05, 0.1) is 19.4 Å². The van der Waals surface area contributed by atoms with Crippen LogP contribution < -0.4 is 5.32 Å². The summed E-state index contributed by atoms with van der Waals surface area (Å²) in [5.74, 6) is 1.03. The minimum Gasteiger partial charge on any atom is -0.468 e. The van der Waals surface area contributed by atoms with Crippen molar-refractivity contribution < 1.29 is 9.15 Å². The van der Waals surface area contributed by atoms with Gasteiger partial charge in [-0.3, -0.25) is 4.90 Å². The van der Waals surface area contributed by atoms with Crippen LogP contribution in [0.15, 0.2) is 16.7 Å². The Morgan fingerprint density at radius 2 is 2.10 bits per heavy atom. The average molecular weight is 282 g/mol. The summed E-state index contributed by atoms with van der Waals surface area (Å²) in [6.07, 6.45) is 2.99. The van der Waals surface area contributed by atoms with Crippen LogP contribution in [0.1, 0.15) is 45.4 Å². The number of nitrogens with zero attached hydrogens (tertiary/aromatic N) is 1. The quantitative estimate of drug-likeness (QED) is 0.716. The van der Waals surface area contributed by atoms with Gasteiger partial charge in [0.15, 0.2) is 0 Å². The van der Waals surface area contributed by atoms with E-state index in [9.17, 15) is 0 Å². The molecular formula is C16H30N2O2. The number of nitrogens with one attached hydrogen (secondary N) is 1. The molecule has 0 radical (unpaired) electrons. The van der Waals surface area contributed by atoms with Gasteiger partial charge in [-0.25, -0.2) is 0 Å². The molecule has 1 rings (SSSR count). The fourth-order valence-electron chi connectivity index (χ4n) is 2.05. The van der Waals surface area contributed by atoms with Gasteiger partial charge in [-0.2, -0.15) is 0 Å². The second kappa shape index (κ2) is 9.16. The molecule has 1 atom stereocenters. The molecule has 0 aliphatic heterocycles. The number of rotatable bonds is 10. The standard InChI is InChI=1S/C16H30N2O2/c1-6-14(4)18(7-8-19-5)11-16-9-15(12-20-16)10-17-13(2)3/h9,12-14,17H,6-8,10-11H2,1-5H3. The predicted molar refractivity (Wildman–Crippen MR) is 82.7 cm³/mol. The molecule has 4 heteroatoms. The van der Waals surface area contributed by atoms with Crippen LogP contribution in [0, 0.1) is 0 Å². The Labute approximate surface area is 123 Å². The van der Waals surface area contributed by atoms with Crippen molar-refractivity contribution in [1.29, 1.82) is 0 Å². The van der Waals surface area contributed by atoms with Crippen LogP contribution in [-0.2, 0) is 17.8 Å². The monoisotopic (exact) mass is 282 g/mol. The van der Waals surface area contributed by atoms with Gasteiger partial charge >= 0.3 is 0 Å². The average Bonchev–Trinajstić information content (AvgIpc) is 2.88. The minimum atomic E-state index is 0.492. The Balaban J connectivity index is 2.54. The molecule has 4 nitrogen and oxygen atoms in total. The SMILES string of the molecule is CCC(C)N(CCOC)Cc1cc(CNC(C)C)co1. The lowest BCUT2D eigenvalue weighted by molar-refractivity contribution is 0.112. The van der Waals surface area contributed by atoms with Gasteiger partial charge < -0.3 is 14.5 Å². The van der Waals surface area contributed by atoms with Gasteiger partial charge in [-0.1, -0.05) is 20.8 Å². The molecule has 116 valence electrons. The van der Waals surface area contributed by atoms with Gasteiger partial charge in [0, 0.05) is 37.8 Å². The van der Waals surface area contributed by atoms with Crippen LogP contribution in [0.2, 0.25) is 0 Å². The molecule has 0 bridgehead atoms. The van der Waals surface area contributed by atoms with E-state index >= 15 is 0 Å². The first-order chi connectivity index (χ1) is 9.56. The number of furan rings is 1. The third-order valence-electron chi connectivity index (χ3n) is 3.58. The van der Waals surface area contributed by atoms with Crippen LogP contribution in [0.4, 0.5) is 0 Å². The van der Waals surface area contributed by atoms with Crippen LogP contribution in [0.3, 0.4) is 0 Å². The van der Waals surface area contributed by atoms with Crippen molar-refractivity contribution in [2.45, 2.75) is 59.3 Å². The van der Waals surface area contributed by atoms with Crippen molar-refractivity contribution in [1.82, 2.24) is 10.2 Å². The molecule has 0 spiro atoms. The zero-order valence-corrected chi connectivity index (χ0v) is 13.6. The molecule has 20 heavy (non-hydrogen) atoms. The van der Waals surface area contributed by atoms with Crippen molar-refractivity contribution in [3.8, 4) is 0 Å². The summed E-state index contributed by atoms with van der Waals surface area (Å²) in [5, 5.41) is 3.40. The fraction of sp³-hybridized carbons (Fsp3) is 0.750. The summed E-state index contributed by atoms with van der Waals surface area (Å²) in [7, 11) is 1.75. The van der Waals surface area contributed by atoms with E-state index in [1.807, 2.05) is 6.26 Å². The summed E-state index contributed by atoms with van der Waals surface area (Å²) >= 11 is 0. The molecule has 1 aromatic heterocycles. The lowest BCUT2D eigenvalue weighted by atomic mass is 10.2. The second-order valence-electron chi connectivity index (χ2n) is 5.68. The Morgan fingerprint density at radius 3 is 2.70 bits per heavy atom. The molecule has 0 aliphatic rings. The maximum Gasteiger partial charge on any atom is 0.118 e. The lowest BCUT2D eigenvalue weighted by Crippen LogP contribution is -2.34. The van der Waals surface area contributed by atoms with E-state index in [4.69, 9.17) is 9.15 Å². The molecule has 1 N–H and O–H groups in total. The molecule has 0 saturated carbocycles. The Kier molecular flexibility index (Phi) is 7.88. The zero-order valence-electron chi connectivity index (χ0n) is 13.6. The van der Waals surface area contributed by atoms with E-state index in [0.717, 1.165) is 38.4 Å². The van der Waals surface area contributed by atoms with E-state index in [1.165, 1.54) is 5.56 Å². The van der Waals surface area contributed by atoms with Crippen LogP contribution >= 0.6 is 0 Å². The van der Waals surface area contributed by atoms with Crippen LogP contribution in [0.5, 0.6) is 0 Å². The topological polar surface area (TPSA) is 37.6 Å². The van der Waals surface area contributed by atoms with Gasteiger partial charge in [-0.15, -0.1) is 0 Å². The summed E-state index contributed by atoms with van der Waals surface area (Å²) < 4.78 is 10.9. The van der Waals surface area contributed by atoms with Gasteiger partial charge in [-0.05, 0) is 19.4 Å². The van der Waals surface area contributed by atoms with Crippen molar-refractivity contribution in [3.63, 3.8) is 0 Å².